The summed E-state index contributed by atoms with van der Waals surface area (Å²) in [4.78, 5) is 30.6. The van der Waals surface area contributed by atoms with Crippen LogP contribution in [0.1, 0.15) is 30.6 Å². The third-order valence-electron chi connectivity index (χ3n) is 4.09. The molecule has 0 aliphatic carbocycles. The SMILES string of the molecule is CCCN1C(=O)C(=O)/C(=C(\O)c2ccc(F)cc2)C1c1ccccn1. The molecule has 0 saturated carbocycles. The summed E-state index contributed by atoms with van der Waals surface area (Å²) in [5, 5.41) is 10.6. The number of nitrogens with zero attached hydrogens (tertiary/aromatic N) is 2. The Morgan fingerprint density at radius 3 is 2.52 bits per heavy atom. The number of carbonyl (C=O) groups is 2. The van der Waals surface area contributed by atoms with Gasteiger partial charge in [0.1, 0.15) is 17.6 Å². The first-order chi connectivity index (χ1) is 12.0. The van der Waals surface area contributed by atoms with Crippen molar-refractivity contribution in [3.05, 3.63) is 71.3 Å². The Labute approximate surface area is 144 Å². The number of aliphatic hydroxyl groups excluding tert-OH is 1. The molecule has 1 N–H and O–H groups in total. The predicted molar refractivity (Wildman–Crippen MR) is 89.9 cm³/mol. The van der Waals surface area contributed by atoms with E-state index in [9.17, 15) is 19.1 Å². The Balaban J connectivity index is 2.17. The molecule has 1 atom stereocenters. The Bertz CT molecular complexity index is 832. The van der Waals surface area contributed by atoms with Crippen LogP contribution in [0, 0.1) is 5.82 Å². The van der Waals surface area contributed by atoms with Gasteiger partial charge < -0.3 is 10.0 Å². The molecule has 1 aliphatic heterocycles. The first-order valence-electron chi connectivity index (χ1n) is 8.00. The number of aromatic nitrogens is 1. The number of halogens is 1. The fraction of sp³-hybridized carbons (Fsp3) is 0.211. The highest BCUT2D eigenvalue weighted by Crippen LogP contribution is 2.38. The minimum absolute atomic E-state index is 0.0243. The maximum atomic E-state index is 13.1. The quantitative estimate of drug-likeness (QED) is 0.528. The third-order valence-corrected chi connectivity index (χ3v) is 4.09. The second kappa shape index (κ2) is 6.84. The zero-order valence-electron chi connectivity index (χ0n) is 13.6. The molecule has 25 heavy (non-hydrogen) atoms. The van der Waals surface area contributed by atoms with Gasteiger partial charge in [0.25, 0.3) is 11.7 Å². The fourth-order valence-corrected chi connectivity index (χ4v) is 2.96. The molecule has 0 radical (unpaired) electrons. The molecule has 0 spiro atoms. The second-order valence-electron chi connectivity index (χ2n) is 5.75. The minimum Gasteiger partial charge on any atom is -0.507 e. The average Bonchev–Trinajstić information content (AvgIpc) is 2.88. The molecule has 1 saturated heterocycles. The Hall–Kier alpha value is -3.02. The Morgan fingerprint density at radius 1 is 1.20 bits per heavy atom. The van der Waals surface area contributed by atoms with E-state index in [1.807, 2.05) is 6.92 Å². The minimum atomic E-state index is -0.758. The fourth-order valence-electron chi connectivity index (χ4n) is 2.96. The van der Waals surface area contributed by atoms with Crippen molar-refractivity contribution in [2.75, 3.05) is 6.54 Å². The van der Waals surface area contributed by atoms with Gasteiger partial charge >= 0.3 is 0 Å². The van der Waals surface area contributed by atoms with Crippen molar-refractivity contribution < 1.29 is 19.1 Å². The van der Waals surface area contributed by atoms with Crippen LogP contribution in [0.15, 0.2) is 54.2 Å². The van der Waals surface area contributed by atoms with E-state index in [1.54, 1.807) is 24.4 Å². The van der Waals surface area contributed by atoms with Crippen LogP contribution in [-0.2, 0) is 9.59 Å². The van der Waals surface area contributed by atoms with Gasteiger partial charge in [-0.15, -0.1) is 0 Å². The monoisotopic (exact) mass is 340 g/mol. The summed E-state index contributed by atoms with van der Waals surface area (Å²) >= 11 is 0. The van der Waals surface area contributed by atoms with Crippen LogP contribution in [0.2, 0.25) is 0 Å². The molecule has 2 heterocycles. The molecule has 3 rings (SSSR count). The van der Waals surface area contributed by atoms with Crippen molar-refractivity contribution in [1.82, 2.24) is 9.88 Å². The van der Waals surface area contributed by atoms with Gasteiger partial charge in [0, 0.05) is 18.3 Å². The largest absolute Gasteiger partial charge is 0.507 e. The lowest BCUT2D eigenvalue weighted by molar-refractivity contribution is -0.139. The molecule has 1 aliphatic rings. The zero-order valence-corrected chi connectivity index (χ0v) is 13.6. The lowest BCUT2D eigenvalue weighted by atomic mass is 9.98. The number of rotatable bonds is 4. The van der Waals surface area contributed by atoms with Gasteiger partial charge in [-0.1, -0.05) is 13.0 Å². The van der Waals surface area contributed by atoms with Crippen molar-refractivity contribution in [2.24, 2.45) is 0 Å². The summed E-state index contributed by atoms with van der Waals surface area (Å²) in [5.74, 6) is -2.20. The molecule has 128 valence electrons. The van der Waals surface area contributed by atoms with Crippen LogP contribution in [0.3, 0.4) is 0 Å². The van der Waals surface area contributed by atoms with Crippen LogP contribution in [0.4, 0.5) is 4.39 Å². The summed E-state index contributed by atoms with van der Waals surface area (Å²) in [7, 11) is 0. The molecular weight excluding hydrogens is 323 g/mol. The van der Waals surface area contributed by atoms with Gasteiger partial charge in [0.05, 0.1) is 11.3 Å². The lowest BCUT2D eigenvalue weighted by Gasteiger charge is -2.23. The molecular formula is C19H17FN2O3. The zero-order chi connectivity index (χ0) is 18.0. The van der Waals surface area contributed by atoms with Crippen LogP contribution in [0.25, 0.3) is 5.76 Å². The van der Waals surface area contributed by atoms with Gasteiger partial charge in [0.15, 0.2) is 0 Å². The Kier molecular flexibility index (Phi) is 4.61. The maximum Gasteiger partial charge on any atom is 0.295 e. The number of amides is 1. The summed E-state index contributed by atoms with van der Waals surface area (Å²) in [5.41, 5.74) is 0.749. The van der Waals surface area contributed by atoms with Crippen LogP contribution >= 0.6 is 0 Å². The molecule has 1 fully saturated rings. The van der Waals surface area contributed by atoms with E-state index in [2.05, 4.69) is 4.98 Å². The number of ketones is 1. The highest BCUT2D eigenvalue weighted by atomic mass is 19.1. The number of pyridine rings is 1. The standard InChI is InChI=1S/C19H17FN2O3/c1-2-11-22-16(14-5-3-4-10-21-14)15(18(24)19(22)25)17(23)12-6-8-13(20)9-7-12/h3-10,16,23H,2,11H2,1H3/b17-15-. The number of likely N-dealkylation sites (tertiary alicyclic amines) is 1. The first-order valence-corrected chi connectivity index (χ1v) is 8.00. The van der Waals surface area contributed by atoms with E-state index >= 15 is 0 Å². The molecule has 6 heteroatoms. The van der Waals surface area contributed by atoms with E-state index in [0.29, 0.717) is 18.7 Å². The Morgan fingerprint density at radius 2 is 1.92 bits per heavy atom. The number of benzene rings is 1. The van der Waals surface area contributed by atoms with Crippen LogP contribution in [0.5, 0.6) is 0 Å². The van der Waals surface area contributed by atoms with Crippen molar-refractivity contribution in [3.8, 4) is 0 Å². The van der Waals surface area contributed by atoms with Gasteiger partial charge in [0.2, 0.25) is 0 Å². The van der Waals surface area contributed by atoms with E-state index in [4.69, 9.17) is 0 Å². The topological polar surface area (TPSA) is 70.5 Å². The van der Waals surface area contributed by atoms with E-state index in [1.165, 1.54) is 29.2 Å². The van der Waals surface area contributed by atoms with Gasteiger partial charge in [-0.3, -0.25) is 14.6 Å². The van der Waals surface area contributed by atoms with E-state index < -0.39 is 23.5 Å². The summed E-state index contributed by atoms with van der Waals surface area (Å²) < 4.78 is 13.1. The second-order valence-corrected chi connectivity index (χ2v) is 5.75. The number of aliphatic hydroxyl groups is 1. The highest BCUT2D eigenvalue weighted by Gasteiger charge is 2.46. The number of hydrogen-bond donors (Lipinski definition) is 1. The normalized spacial score (nSPS) is 19.4. The highest BCUT2D eigenvalue weighted by molar-refractivity contribution is 6.46. The van der Waals surface area contributed by atoms with E-state index in [-0.39, 0.29) is 16.9 Å². The van der Waals surface area contributed by atoms with Crippen molar-refractivity contribution >= 4 is 17.4 Å². The first kappa shape index (κ1) is 16.8. The summed E-state index contributed by atoms with van der Waals surface area (Å²) in [6, 6.07) is 9.55. The smallest absolute Gasteiger partial charge is 0.295 e. The number of Topliss-reactive ketones (excluding diaryl/α,β-unsaturated/α-hetero) is 1. The molecule has 1 aromatic carbocycles. The van der Waals surface area contributed by atoms with Crippen LogP contribution < -0.4 is 0 Å². The molecule has 1 aromatic heterocycles. The van der Waals surface area contributed by atoms with Crippen molar-refractivity contribution in [1.29, 1.82) is 0 Å². The summed E-state index contributed by atoms with van der Waals surface area (Å²) in [6.07, 6.45) is 2.23. The third kappa shape index (κ3) is 3.03. The average molecular weight is 340 g/mol. The van der Waals surface area contributed by atoms with Gasteiger partial charge in [-0.25, -0.2) is 4.39 Å². The van der Waals surface area contributed by atoms with Crippen molar-refractivity contribution in [3.63, 3.8) is 0 Å². The maximum absolute atomic E-state index is 13.1. The molecule has 1 unspecified atom stereocenters. The summed E-state index contributed by atoms with van der Waals surface area (Å²) in [6.45, 7) is 2.26. The predicted octanol–water partition coefficient (Wildman–Crippen LogP) is 3.05. The molecule has 1 amide bonds. The number of carbonyl (C=O) groups excluding carboxylic acids is 2. The molecule has 0 bridgehead atoms. The molecule has 2 aromatic rings. The lowest BCUT2D eigenvalue weighted by Crippen LogP contribution is -2.30. The number of hydrogen-bond acceptors (Lipinski definition) is 4. The molecule has 5 nitrogen and oxygen atoms in total. The van der Waals surface area contributed by atoms with E-state index in [0.717, 1.165) is 0 Å². The van der Waals surface area contributed by atoms with Crippen molar-refractivity contribution in [2.45, 2.75) is 19.4 Å². The van der Waals surface area contributed by atoms with Gasteiger partial charge in [-0.05, 0) is 42.8 Å². The van der Waals surface area contributed by atoms with Crippen LogP contribution in [-0.4, -0.2) is 33.2 Å². The van der Waals surface area contributed by atoms with Gasteiger partial charge in [-0.2, -0.15) is 0 Å².